The van der Waals surface area contributed by atoms with Crippen molar-refractivity contribution in [1.82, 2.24) is 19.1 Å². The van der Waals surface area contributed by atoms with Crippen LogP contribution in [0.4, 0.5) is 0 Å². The zero-order valence-electron chi connectivity index (χ0n) is 41.6. The number of aryl methyl sites for hydroxylation is 2. The topological polar surface area (TPSA) is 35.6 Å². The third-order valence-corrected chi connectivity index (χ3v) is 15.6. The maximum absolute atomic E-state index is 5.60. The van der Waals surface area contributed by atoms with E-state index >= 15 is 0 Å². The molecule has 1 aliphatic rings. The molecule has 0 N–H and O–H groups in total. The maximum atomic E-state index is 5.60. The number of hydrogen-bond donors (Lipinski definition) is 0. The van der Waals surface area contributed by atoms with E-state index in [9.17, 15) is 0 Å². The van der Waals surface area contributed by atoms with E-state index in [0.717, 1.165) is 85.8 Å². The molecule has 356 valence electrons. The Hall–Kier alpha value is -9.90. The van der Waals surface area contributed by atoms with Crippen molar-refractivity contribution >= 4 is 43.6 Å². The number of nitrogens with zero attached hydrogens (tertiary/aromatic N) is 4. The van der Waals surface area contributed by atoms with Crippen LogP contribution in [0.2, 0.25) is 0 Å². The van der Waals surface area contributed by atoms with Crippen LogP contribution in [0, 0.1) is 0 Å². The van der Waals surface area contributed by atoms with Gasteiger partial charge in [0, 0.05) is 32.7 Å². The summed E-state index contributed by atoms with van der Waals surface area (Å²) in [7, 11) is 0. The van der Waals surface area contributed by atoms with Gasteiger partial charge in [0.25, 0.3) is 0 Å². The summed E-state index contributed by atoms with van der Waals surface area (Å²) in [6.45, 7) is 0. The fourth-order valence-corrected chi connectivity index (χ4v) is 12.0. The van der Waals surface area contributed by atoms with Gasteiger partial charge in [0.05, 0.1) is 33.5 Å². The van der Waals surface area contributed by atoms with E-state index in [2.05, 4.69) is 276 Å². The number of rotatable bonds is 8. The van der Waals surface area contributed by atoms with E-state index in [1.54, 1.807) is 0 Å². The fourth-order valence-electron chi connectivity index (χ4n) is 12.0. The molecule has 14 aromatic rings. The molecule has 4 nitrogen and oxygen atoms in total. The summed E-state index contributed by atoms with van der Waals surface area (Å²) in [5.74, 6) is 1.78. The molecule has 0 amide bonds. The van der Waals surface area contributed by atoms with Crippen LogP contribution in [0.5, 0.6) is 0 Å². The molecule has 0 aliphatic heterocycles. The van der Waals surface area contributed by atoms with E-state index in [-0.39, 0.29) is 0 Å². The maximum Gasteiger partial charge on any atom is 0.138 e. The molecular formula is C72H48N4. The largest absolute Gasteiger partial charge is 0.294 e. The van der Waals surface area contributed by atoms with Crippen LogP contribution in [0.3, 0.4) is 0 Å². The quantitative estimate of drug-likeness (QED) is 0.152. The van der Waals surface area contributed by atoms with Gasteiger partial charge in [-0.25, -0.2) is 9.97 Å². The molecule has 4 heteroatoms. The van der Waals surface area contributed by atoms with Crippen LogP contribution in [-0.4, -0.2) is 19.1 Å². The average Bonchev–Trinajstić information content (AvgIpc) is 4.14. The van der Waals surface area contributed by atoms with Gasteiger partial charge in [-0.1, -0.05) is 206 Å². The van der Waals surface area contributed by atoms with Gasteiger partial charge in [-0.15, -0.1) is 0 Å². The average molecular weight is 969 g/mol. The van der Waals surface area contributed by atoms with Crippen molar-refractivity contribution in [3.8, 4) is 89.8 Å². The highest BCUT2D eigenvalue weighted by Gasteiger charge is 2.27. The summed E-state index contributed by atoms with van der Waals surface area (Å²) >= 11 is 0. The summed E-state index contributed by atoms with van der Waals surface area (Å²) < 4.78 is 4.88. The summed E-state index contributed by atoms with van der Waals surface area (Å²) in [6.07, 6.45) is 1.78. The second-order valence-electron chi connectivity index (χ2n) is 20.0. The molecule has 10 aromatic carbocycles. The molecule has 1 aliphatic carbocycles. The number of aromatic nitrogens is 4. The second-order valence-corrected chi connectivity index (χ2v) is 20.0. The molecule has 15 rings (SSSR count). The van der Waals surface area contributed by atoms with E-state index < -0.39 is 0 Å². The van der Waals surface area contributed by atoms with Crippen molar-refractivity contribution in [2.24, 2.45) is 0 Å². The van der Waals surface area contributed by atoms with Crippen molar-refractivity contribution in [1.29, 1.82) is 0 Å². The van der Waals surface area contributed by atoms with Crippen molar-refractivity contribution in [2.45, 2.75) is 12.8 Å². The van der Waals surface area contributed by atoms with E-state index in [4.69, 9.17) is 9.97 Å². The zero-order valence-corrected chi connectivity index (χ0v) is 41.6. The molecular weight excluding hydrogens is 921 g/mol. The number of hydrogen-bond acceptors (Lipinski definition) is 2. The smallest absolute Gasteiger partial charge is 0.138 e. The first-order valence-corrected chi connectivity index (χ1v) is 26.3. The molecule has 0 bridgehead atoms. The standard InChI is InChI=1S/C72H48N4/c1-7-19-47(20-8-1)53-33-38-68-62(39-53)60-36-35-58-59(72(60)76(68)71-45-57(50-25-13-4-14-26-50)43-66(74-71)52-29-17-6-18-30-52)34-31-55-41-64-63-40-54(48-21-9-2-10-22-48)32-37-67(63)75(69(64)46-61(55)58)70-44-56(49-23-11-3-12-24-49)42-65(73-70)51-27-15-5-16-28-51/h1-30,32-33,35-46H,31,34H2. The molecule has 76 heavy (non-hydrogen) atoms. The normalized spacial score (nSPS) is 12.1. The van der Waals surface area contributed by atoms with Crippen LogP contribution in [-0.2, 0) is 12.8 Å². The Morgan fingerprint density at radius 2 is 0.684 bits per heavy atom. The van der Waals surface area contributed by atoms with Gasteiger partial charge in [0.1, 0.15) is 11.6 Å². The second kappa shape index (κ2) is 17.9. The van der Waals surface area contributed by atoms with Crippen LogP contribution in [0.15, 0.2) is 267 Å². The predicted molar refractivity (Wildman–Crippen MR) is 316 cm³/mol. The Morgan fingerprint density at radius 3 is 1.18 bits per heavy atom. The van der Waals surface area contributed by atoms with E-state index in [1.807, 2.05) is 0 Å². The lowest BCUT2D eigenvalue weighted by molar-refractivity contribution is 0.941. The Bertz CT molecular complexity index is 4360. The Balaban J connectivity index is 1.01. The van der Waals surface area contributed by atoms with Gasteiger partial charge in [-0.2, -0.15) is 0 Å². The number of pyridine rings is 2. The Kier molecular flexibility index (Phi) is 10.3. The summed E-state index contributed by atoms with van der Waals surface area (Å²) in [4.78, 5) is 11.2. The van der Waals surface area contributed by atoms with Gasteiger partial charge < -0.3 is 0 Å². The molecule has 0 spiro atoms. The third kappa shape index (κ3) is 7.37. The van der Waals surface area contributed by atoms with Crippen molar-refractivity contribution < 1.29 is 0 Å². The Morgan fingerprint density at radius 1 is 0.263 bits per heavy atom. The molecule has 0 radical (unpaired) electrons. The molecule has 0 saturated heterocycles. The zero-order chi connectivity index (χ0) is 50.1. The molecule has 0 fully saturated rings. The first kappa shape index (κ1) is 43.7. The Labute approximate surface area is 441 Å². The minimum Gasteiger partial charge on any atom is -0.294 e. The molecule has 0 unspecified atom stereocenters. The highest BCUT2D eigenvalue weighted by Crippen LogP contribution is 2.47. The van der Waals surface area contributed by atoms with Crippen LogP contribution >= 0.6 is 0 Å². The SMILES string of the molecule is c1ccc(-c2cc(-c3ccccc3)nc(-n3c4ccc(-c5ccccc5)cc4c4cc5c(cc43)-c3ccc4c6cc(-c7ccccc7)ccc6n(-c6cc(-c7ccccc7)cc(-c7ccccc7)n6)c4c3CC5)c2)cc1. The highest BCUT2D eigenvalue weighted by molar-refractivity contribution is 6.15. The highest BCUT2D eigenvalue weighted by atomic mass is 15.1. The fraction of sp³-hybridized carbons (Fsp3) is 0.0278. The van der Waals surface area contributed by atoms with Crippen LogP contribution < -0.4 is 0 Å². The minimum atomic E-state index is 0.881. The summed E-state index contributed by atoms with van der Waals surface area (Å²) in [5, 5.41) is 4.87. The van der Waals surface area contributed by atoms with Crippen molar-refractivity contribution in [2.75, 3.05) is 0 Å². The van der Waals surface area contributed by atoms with E-state index in [0.29, 0.717) is 0 Å². The molecule has 4 heterocycles. The van der Waals surface area contributed by atoms with Gasteiger partial charge >= 0.3 is 0 Å². The van der Waals surface area contributed by atoms with E-state index in [1.165, 1.54) is 71.6 Å². The van der Waals surface area contributed by atoms with Gasteiger partial charge in [0.2, 0.25) is 0 Å². The molecule has 0 saturated carbocycles. The van der Waals surface area contributed by atoms with Gasteiger partial charge in [0.15, 0.2) is 0 Å². The first-order valence-electron chi connectivity index (χ1n) is 26.3. The lowest BCUT2D eigenvalue weighted by Crippen LogP contribution is -2.08. The summed E-state index contributed by atoms with van der Waals surface area (Å²) in [6, 6.07) is 96.7. The lowest BCUT2D eigenvalue weighted by atomic mass is 9.83. The number of fused-ring (bicyclic) bond motifs is 10. The molecule has 4 aromatic heterocycles. The monoisotopic (exact) mass is 968 g/mol. The van der Waals surface area contributed by atoms with Gasteiger partial charge in [-0.05, 0) is 140 Å². The minimum absolute atomic E-state index is 0.881. The van der Waals surface area contributed by atoms with Crippen LogP contribution in [0.1, 0.15) is 11.1 Å². The van der Waals surface area contributed by atoms with Crippen molar-refractivity contribution in [3.05, 3.63) is 278 Å². The molecule has 0 atom stereocenters. The lowest BCUT2D eigenvalue weighted by Gasteiger charge is -2.23. The van der Waals surface area contributed by atoms with Gasteiger partial charge in [-0.3, -0.25) is 9.13 Å². The first-order chi connectivity index (χ1) is 37.7. The summed E-state index contributed by atoms with van der Waals surface area (Å²) in [5.41, 5.74) is 23.1. The van der Waals surface area contributed by atoms with Crippen molar-refractivity contribution in [3.63, 3.8) is 0 Å². The van der Waals surface area contributed by atoms with Crippen LogP contribution in [0.25, 0.3) is 133 Å². The number of benzene rings is 10. The third-order valence-electron chi connectivity index (χ3n) is 15.6. The predicted octanol–water partition coefficient (Wildman–Crippen LogP) is 18.4.